The summed E-state index contributed by atoms with van der Waals surface area (Å²) in [5, 5.41) is 12.3. The summed E-state index contributed by atoms with van der Waals surface area (Å²) in [7, 11) is 3.68. The second-order valence-corrected chi connectivity index (χ2v) is 7.43. The zero-order chi connectivity index (χ0) is 20.9. The molecule has 0 radical (unpaired) electrons. The maximum Gasteiger partial charge on any atom is 0.228 e. The van der Waals surface area contributed by atoms with E-state index in [1.165, 1.54) is 0 Å². The second kappa shape index (κ2) is 10.9. The molecule has 1 atom stereocenters. The Morgan fingerprint density at radius 3 is 2.84 bits per heavy atom. The summed E-state index contributed by atoms with van der Waals surface area (Å²) in [6, 6.07) is 7.35. The van der Waals surface area contributed by atoms with Gasteiger partial charge in [-0.3, -0.25) is 9.67 Å². The maximum atomic E-state index is 5.93. The molecule has 1 aliphatic rings. The third-order valence-electron chi connectivity index (χ3n) is 4.87. The maximum absolute atomic E-state index is 5.93. The molecule has 1 aromatic carbocycles. The normalized spacial score (nSPS) is 16.8. The SMILES string of the molecule is CN=C(NCCc1nc(-c2ccc(Cl)cc2)no1)N1CCOC(c2cnn(C)c2)C1.I. The predicted octanol–water partition coefficient (Wildman–Crippen LogP) is 2.93. The van der Waals surface area contributed by atoms with E-state index < -0.39 is 0 Å². The van der Waals surface area contributed by atoms with E-state index in [9.17, 15) is 0 Å². The third kappa shape index (κ3) is 5.95. The molecule has 9 nitrogen and oxygen atoms in total. The molecule has 1 N–H and O–H groups in total. The smallest absolute Gasteiger partial charge is 0.228 e. The predicted molar refractivity (Wildman–Crippen MR) is 129 cm³/mol. The zero-order valence-electron chi connectivity index (χ0n) is 17.4. The first kappa shape index (κ1) is 23.5. The van der Waals surface area contributed by atoms with E-state index in [0.29, 0.717) is 42.9 Å². The summed E-state index contributed by atoms with van der Waals surface area (Å²) in [6.07, 6.45) is 4.40. The topological polar surface area (TPSA) is 93.6 Å². The quantitative estimate of drug-likeness (QED) is 0.293. The number of morpholine rings is 1. The molecule has 1 aliphatic heterocycles. The number of halogens is 2. The number of guanidine groups is 1. The number of nitrogens with zero attached hydrogens (tertiary/aromatic N) is 6. The molecular formula is C20H25ClIN7O2. The Labute approximate surface area is 202 Å². The van der Waals surface area contributed by atoms with E-state index in [1.807, 2.05) is 31.6 Å². The number of aliphatic imine (C=N–C) groups is 1. The summed E-state index contributed by atoms with van der Waals surface area (Å²) in [5.74, 6) is 1.95. The summed E-state index contributed by atoms with van der Waals surface area (Å²) >= 11 is 5.93. The van der Waals surface area contributed by atoms with Crippen molar-refractivity contribution < 1.29 is 9.26 Å². The average molecular weight is 558 g/mol. The van der Waals surface area contributed by atoms with Crippen LogP contribution < -0.4 is 5.32 Å². The zero-order valence-corrected chi connectivity index (χ0v) is 20.4. The molecule has 1 unspecified atom stereocenters. The van der Waals surface area contributed by atoms with Gasteiger partial charge in [0.2, 0.25) is 11.7 Å². The van der Waals surface area contributed by atoms with Crippen molar-refractivity contribution in [1.82, 2.24) is 30.1 Å². The lowest BCUT2D eigenvalue weighted by molar-refractivity contribution is -0.00801. The molecule has 11 heteroatoms. The molecule has 3 heterocycles. The highest BCUT2D eigenvalue weighted by Gasteiger charge is 2.25. The van der Waals surface area contributed by atoms with Crippen LogP contribution in [0.4, 0.5) is 0 Å². The van der Waals surface area contributed by atoms with E-state index in [1.54, 1.807) is 23.9 Å². The van der Waals surface area contributed by atoms with Gasteiger partial charge >= 0.3 is 0 Å². The lowest BCUT2D eigenvalue weighted by Crippen LogP contribution is -2.48. The minimum absolute atomic E-state index is 0. The highest BCUT2D eigenvalue weighted by molar-refractivity contribution is 14.0. The molecule has 0 bridgehead atoms. The Morgan fingerprint density at radius 2 is 2.13 bits per heavy atom. The summed E-state index contributed by atoms with van der Waals surface area (Å²) < 4.78 is 13.1. The van der Waals surface area contributed by atoms with E-state index in [4.69, 9.17) is 20.9 Å². The van der Waals surface area contributed by atoms with Gasteiger partial charge in [0.25, 0.3) is 0 Å². The van der Waals surface area contributed by atoms with Gasteiger partial charge in [-0.05, 0) is 24.3 Å². The minimum atomic E-state index is -0.0242. The Morgan fingerprint density at radius 1 is 1.32 bits per heavy atom. The lowest BCUT2D eigenvalue weighted by atomic mass is 10.1. The summed E-state index contributed by atoms with van der Waals surface area (Å²) in [5.41, 5.74) is 1.94. The van der Waals surface area contributed by atoms with Crippen LogP contribution >= 0.6 is 35.6 Å². The fraction of sp³-hybridized carbons (Fsp3) is 0.400. The fourth-order valence-electron chi connectivity index (χ4n) is 3.34. The van der Waals surface area contributed by atoms with Crippen LogP contribution in [0.25, 0.3) is 11.4 Å². The van der Waals surface area contributed by atoms with Crippen LogP contribution in [0.3, 0.4) is 0 Å². The van der Waals surface area contributed by atoms with Crippen molar-refractivity contribution in [1.29, 1.82) is 0 Å². The Kier molecular flexibility index (Phi) is 8.27. The number of ether oxygens (including phenoxy) is 1. The molecule has 1 saturated heterocycles. The Balaban J connectivity index is 0.00000272. The van der Waals surface area contributed by atoms with Gasteiger partial charge in [-0.15, -0.1) is 24.0 Å². The lowest BCUT2D eigenvalue weighted by Gasteiger charge is -2.34. The number of rotatable bonds is 5. The summed E-state index contributed by atoms with van der Waals surface area (Å²) in [4.78, 5) is 11.1. The van der Waals surface area contributed by atoms with Crippen molar-refractivity contribution in [2.75, 3.05) is 33.3 Å². The van der Waals surface area contributed by atoms with Gasteiger partial charge in [-0.1, -0.05) is 16.8 Å². The Hall–Kier alpha value is -2.18. The van der Waals surface area contributed by atoms with Crippen molar-refractivity contribution >= 4 is 41.5 Å². The van der Waals surface area contributed by atoms with Crippen LogP contribution in [0.2, 0.25) is 5.02 Å². The van der Waals surface area contributed by atoms with Crippen LogP contribution in [-0.4, -0.2) is 64.1 Å². The molecule has 0 amide bonds. The fourth-order valence-corrected chi connectivity index (χ4v) is 3.46. The first-order chi connectivity index (χ1) is 14.6. The largest absolute Gasteiger partial charge is 0.370 e. The first-order valence-electron chi connectivity index (χ1n) is 9.76. The highest BCUT2D eigenvalue weighted by Crippen LogP contribution is 2.22. The van der Waals surface area contributed by atoms with Gasteiger partial charge < -0.3 is 19.5 Å². The molecule has 3 aromatic rings. The number of hydrogen-bond donors (Lipinski definition) is 1. The van der Waals surface area contributed by atoms with E-state index in [-0.39, 0.29) is 30.1 Å². The van der Waals surface area contributed by atoms with Crippen LogP contribution in [0.1, 0.15) is 17.6 Å². The first-order valence-corrected chi connectivity index (χ1v) is 10.1. The summed E-state index contributed by atoms with van der Waals surface area (Å²) in [6.45, 7) is 2.75. The second-order valence-electron chi connectivity index (χ2n) is 7.00. The number of benzene rings is 1. The number of aromatic nitrogens is 4. The number of aryl methyl sites for hydroxylation is 1. The highest BCUT2D eigenvalue weighted by atomic mass is 127. The van der Waals surface area contributed by atoms with Crippen LogP contribution in [0.5, 0.6) is 0 Å². The molecule has 4 rings (SSSR count). The molecule has 0 aliphatic carbocycles. The number of nitrogens with one attached hydrogen (secondary N) is 1. The third-order valence-corrected chi connectivity index (χ3v) is 5.12. The van der Waals surface area contributed by atoms with E-state index >= 15 is 0 Å². The van der Waals surface area contributed by atoms with Crippen LogP contribution in [0, 0.1) is 0 Å². The van der Waals surface area contributed by atoms with Crippen molar-refractivity contribution in [3.63, 3.8) is 0 Å². The molecule has 31 heavy (non-hydrogen) atoms. The van der Waals surface area contributed by atoms with Crippen LogP contribution in [-0.2, 0) is 18.2 Å². The van der Waals surface area contributed by atoms with Crippen molar-refractivity contribution in [3.8, 4) is 11.4 Å². The van der Waals surface area contributed by atoms with E-state index in [2.05, 4.69) is 30.4 Å². The molecular weight excluding hydrogens is 533 g/mol. The molecule has 0 spiro atoms. The minimum Gasteiger partial charge on any atom is -0.370 e. The Bertz CT molecular complexity index is 1010. The van der Waals surface area contributed by atoms with Gasteiger partial charge in [0.05, 0.1) is 19.3 Å². The molecule has 1 fully saturated rings. The number of hydrogen-bond acceptors (Lipinski definition) is 6. The van der Waals surface area contributed by atoms with Gasteiger partial charge in [0.1, 0.15) is 6.10 Å². The van der Waals surface area contributed by atoms with Crippen molar-refractivity contribution in [2.24, 2.45) is 12.0 Å². The monoisotopic (exact) mass is 557 g/mol. The van der Waals surface area contributed by atoms with Gasteiger partial charge in [-0.2, -0.15) is 10.1 Å². The average Bonchev–Trinajstić information content (AvgIpc) is 3.41. The molecule has 0 saturated carbocycles. The van der Waals surface area contributed by atoms with E-state index in [0.717, 1.165) is 23.6 Å². The van der Waals surface area contributed by atoms with Gasteiger partial charge in [0.15, 0.2) is 5.96 Å². The standard InChI is InChI=1S/C20H24ClN7O2.HI/c1-22-20(28-9-10-29-17(13-28)15-11-24-27(2)12-15)23-8-7-18-25-19(26-30-18)14-3-5-16(21)6-4-14;/h3-6,11-12,17H,7-10,13H2,1-2H3,(H,22,23);1H. The van der Waals surface area contributed by atoms with Gasteiger partial charge in [-0.25, -0.2) is 0 Å². The van der Waals surface area contributed by atoms with Crippen LogP contribution in [0.15, 0.2) is 46.2 Å². The molecule has 166 valence electrons. The molecule has 2 aromatic heterocycles. The van der Waals surface area contributed by atoms with Gasteiger partial charge in [0, 0.05) is 56.0 Å². The van der Waals surface area contributed by atoms with Crippen molar-refractivity contribution in [2.45, 2.75) is 12.5 Å². The van der Waals surface area contributed by atoms with Crippen molar-refractivity contribution in [3.05, 3.63) is 53.1 Å².